The highest BCUT2D eigenvalue weighted by atomic mass is 32.2. The maximum Gasteiger partial charge on any atom is 0.266 e. The van der Waals surface area contributed by atoms with Gasteiger partial charge in [-0.2, -0.15) is 0 Å². The summed E-state index contributed by atoms with van der Waals surface area (Å²) in [6.07, 6.45) is 1.81. The molecule has 0 unspecified atom stereocenters. The van der Waals surface area contributed by atoms with E-state index in [1.807, 2.05) is 80.6 Å². The average molecular weight is 516 g/mol. The molecule has 0 aliphatic carbocycles. The van der Waals surface area contributed by atoms with E-state index in [-0.39, 0.29) is 18.4 Å². The molecule has 1 heterocycles. The summed E-state index contributed by atoms with van der Waals surface area (Å²) in [6.45, 7) is 4.71. The molecule has 1 aliphatic rings. The fourth-order valence-corrected chi connectivity index (χ4v) is 4.62. The molecule has 3 aromatic carbocycles. The highest BCUT2D eigenvalue weighted by molar-refractivity contribution is 8.18. The van der Waals surface area contributed by atoms with E-state index in [4.69, 9.17) is 9.47 Å². The first kappa shape index (κ1) is 26.2. The van der Waals surface area contributed by atoms with Gasteiger partial charge >= 0.3 is 0 Å². The summed E-state index contributed by atoms with van der Waals surface area (Å²) in [6, 6.07) is 22.6. The molecule has 7 nitrogen and oxygen atoms in total. The van der Waals surface area contributed by atoms with Crippen LogP contribution in [0.5, 0.6) is 5.75 Å². The highest BCUT2D eigenvalue weighted by Crippen LogP contribution is 2.34. The number of amidine groups is 1. The summed E-state index contributed by atoms with van der Waals surface area (Å²) in [7, 11) is 1.60. The predicted molar refractivity (Wildman–Crippen MR) is 149 cm³/mol. The fourth-order valence-electron chi connectivity index (χ4n) is 3.59. The number of rotatable bonds is 9. The van der Waals surface area contributed by atoms with Gasteiger partial charge in [0.2, 0.25) is 0 Å². The number of ether oxygens (including phenoxy) is 2. The number of anilines is 1. The number of hydrogen-bond acceptors (Lipinski definition) is 6. The number of aryl methyl sites for hydroxylation is 2. The van der Waals surface area contributed by atoms with Crippen molar-refractivity contribution in [3.05, 3.63) is 94.4 Å². The van der Waals surface area contributed by atoms with E-state index in [1.54, 1.807) is 24.1 Å². The Balaban J connectivity index is 1.45. The lowest BCUT2D eigenvalue weighted by atomic mass is 10.1. The Labute approximate surface area is 221 Å². The summed E-state index contributed by atoms with van der Waals surface area (Å²) in [5.74, 6) is 0.161. The summed E-state index contributed by atoms with van der Waals surface area (Å²) >= 11 is 1.32. The lowest BCUT2D eigenvalue weighted by molar-refractivity contribution is -0.122. The molecule has 1 aliphatic heterocycles. The van der Waals surface area contributed by atoms with E-state index in [0.717, 1.165) is 22.5 Å². The van der Waals surface area contributed by atoms with Crippen LogP contribution in [-0.2, 0) is 14.3 Å². The molecule has 190 valence electrons. The zero-order chi connectivity index (χ0) is 26.2. The second-order valence-corrected chi connectivity index (χ2v) is 9.51. The lowest BCUT2D eigenvalue weighted by Gasteiger charge is -2.14. The van der Waals surface area contributed by atoms with Crippen molar-refractivity contribution in [2.24, 2.45) is 4.99 Å². The first-order valence-electron chi connectivity index (χ1n) is 11.9. The van der Waals surface area contributed by atoms with Crippen LogP contribution in [0.4, 0.5) is 11.4 Å². The number of hydrogen-bond donors (Lipinski definition) is 1. The predicted octanol–water partition coefficient (Wildman–Crippen LogP) is 5.57. The molecule has 0 atom stereocenters. The van der Waals surface area contributed by atoms with E-state index < -0.39 is 0 Å². The van der Waals surface area contributed by atoms with Crippen molar-refractivity contribution < 1.29 is 19.1 Å². The Morgan fingerprint density at radius 3 is 2.59 bits per heavy atom. The molecule has 0 aromatic heterocycles. The molecule has 0 bridgehead atoms. The van der Waals surface area contributed by atoms with Crippen LogP contribution in [0.3, 0.4) is 0 Å². The molecule has 8 heteroatoms. The maximum absolute atomic E-state index is 13.2. The Morgan fingerprint density at radius 1 is 1.03 bits per heavy atom. The van der Waals surface area contributed by atoms with Crippen LogP contribution in [0.2, 0.25) is 0 Å². The van der Waals surface area contributed by atoms with Crippen LogP contribution in [0.25, 0.3) is 6.08 Å². The minimum absolute atomic E-state index is 0.126. The second kappa shape index (κ2) is 12.4. The smallest absolute Gasteiger partial charge is 0.266 e. The van der Waals surface area contributed by atoms with Gasteiger partial charge in [-0.05, 0) is 84.8 Å². The molecule has 2 amide bonds. The Kier molecular flexibility index (Phi) is 8.77. The maximum atomic E-state index is 13.2. The minimum Gasteiger partial charge on any atom is -0.484 e. The van der Waals surface area contributed by atoms with Gasteiger partial charge in [-0.1, -0.05) is 36.4 Å². The number of amides is 2. The number of methoxy groups -OCH3 is 1. The third kappa shape index (κ3) is 7.09. The average Bonchev–Trinajstić information content (AvgIpc) is 3.18. The number of para-hydroxylation sites is 1. The molecule has 0 spiro atoms. The minimum atomic E-state index is -0.246. The van der Waals surface area contributed by atoms with Gasteiger partial charge < -0.3 is 14.8 Å². The van der Waals surface area contributed by atoms with E-state index >= 15 is 0 Å². The van der Waals surface area contributed by atoms with Crippen molar-refractivity contribution in [3.8, 4) is 5.75 Å². The van der Waals surface area contributed by atoms with E-state index in [2.05, 4.69) is 10.3 Å². The summed E-state index contributed by atoms with van der Waals surface area (Å²) < 4.78 is 10.9. The normalized spacial score (nSPS) is 15.4. The molecular formula is C29H29N3O4S. The number of nitrogens with zero attached hydrogens (tertiary/aromatic N) is 2. The molecule has 4 rings (SSSR count). The molecule has 1 N–H and O–H groups in total. The van der Waals surface area contributed by atoms with E-state index in [9.17, 15) is 9.59 Å². The van der Waals surface area contributed by atoms with Gasteiger partial charge in [0, 0.05) is 12.8 Å². The number of benzene rings is 3. The molecule has 37 heavy (non-hydrogen) atoms. The van der Waals surface area contributed by atoms with Gasteiger partial charge in [0.25, 0.3) is 11.8 Å². The van der Waals surface area contributed by atoms with Crippen molar-refractivity contribution in [2.75, 3.05) is 32.2 Å². The molecule has 0 radical (unpaired) electrons. The van der Waals surface area contributed by atoms with E-state index in [0.29, 0.717) is 29.0 Å². The zero-order valence-electron chi connectivity index (χ0n) is 21.1. The molecule has 0 saturated carbocycles. The molecule has 1 fully saturated rings. The number of nitrogens with one attached hydrogen (secondary N) is 1. The largest absolute Gasteiger partial charge is 0.484 e. The third-order valence-corrected chi connectivity index (χ3v) is 6.71. The number of carbonyl (C=O) groups excluding carboxylic acids is 2. The number of thioether (sulfide) groups is 1. The molecule has 3 aromatic rings. The van der Waals surface area contributed by atoms with Crippen molar-refractivity contribution in [2.45, 2.75) is 13.8 Å². The highest BCUT2D eigenvalue weighted by Gasteiger charge is 2.33. The quantitative estimate of drug-likeness (QED) is 0.377. The van der Waals surface area contributed by atoms with Gasteiger partial charge in [0.1, 0.15) is 5.75 Å². The third-order valence-electron chi connectivity index (χ3n) is 5.70. The van der Waals surface area contributed by atoms with Gasteiger partial charge in [-0.3, -0.25) is 14.5 Å². The van der Waals surface area contributed by atoms with Crippen molar-refractivity contribution in [3.63, 3.8) is 0 Å². The van der Waals surface area contributed by atoms with Crippen molar-refractivity contribution in [1.82, 2.24) is 4.90 Å². The van der Waals surface area contributed by atoms with Gasteiger partial charge in [-0.25, -0.2) is 4.99 Å². The lowest BCUT2D eigenvalue weighted by Crippen LogP contribution is -2.32. The van der Waals surface area contributed by atoms with E-state index in [1.165, 1.54) is 17.3 Å². The topological polar surface area (TPSA) is 80.2 Å². The first-order valence-corrected chi connectivity index (χ1v) is 12.7. The van der Waals surface area contributed by atoms with Gasteiger partial charge in [0.15, 0.2) is 11.8 Å². The summed E-state index contributed by atoms with van der Waals surface area (Å²) in [5.41, 5.74) is 4.57. The summed E-state index contributed by atoms with van der Waals surface area (Å²) in [4.78, 5) is 32.4. The second-order valence-electron chi connectivity index (χ2n) is 8.50. The van der Waals surface area contributed by atoms with Crippen LogP contribution in [0, 0.1) is 13.8 Å². The van der Waals surface area contributed by atoms with Crippen LogP contribution in [0.15, 0.2) is 82.7 Å². The SMILES string of the molecule is COCCN1C(=O)/C(=C/c2cccc(OCC(=O)Nc3ccc(C)c(C)c3)c2)SC1=Nc1ccccc1. The summed E-state index contributed by atoms with van der Waals surface area (Å²) in [5, 5.41) is 3.46. The van der Waals surface area contributed by atoms with Gasteiger partial charge in [-0.15, -0.1) is 0 Å². The number of aliphatic imine (C=N–C) groups is 1. The molecule has 1 saturated heterocycles. The standard InChI is InChI=1S/C29H29N3O4S/c1-20-12-13-24(16-21(20)2)30-27(33)19-36-25-11-7-8-22(17-25)18-26-28(34)32(14-15-35-3)29(37-26)31-23-9-5-4-6-10-23/h4-13,16-18H,14-15,19H2,1-3H3,(H,30,33)/b26-18-,31-29?. The molecular weight excluding hydrogens is 486 g/mol. The van der Waals surface area contributed by atoms with Crippen LogP contribution < -0.4 is 10.1 Å². The van der Waals surface area contributed by atoms with Crippen LogP contribution >= 0.6 is 11.8 Å². The van der Waals surface area contributed by atoms with Crippen molar-refractivity contribution in [1.29, 1.82) is 0 Å². The Hall–Kier alpha value is -3.88. The monoisotopic (exact) mass is 515 g/mol. The Bertz CT molecular complexity index is 1340. The Morgan fingerprint density at radius 2 is 1.84 bits per heavy atom. The number of carbonyl (C=O) groups is 2. The van der Waals surface area contributed by atoms with Crippen LogP contribution in [0.1, 0.15) is 16.7 Å². The zero-order valence-corrected chi connectivity index (χ0v) is 21.9. The first-order chi connectivity index (χ1) is 17.9. The van der Waals surface area contributed by atoms with Crippen LogP contribution in [-0.4, -0.2) is 48.8 Å². The van der Waals surface area contributed by atoms with Gasteiger partial charge in [0.05, 0.1) is 23.7 Å². The van der Waals surface area contributed by atoms with Crippen molar-refractivity contribution >= 4 is 46.2 Å². The fraction of sp³-hybridized carbons (Fsp3) is 0.207.